The van der Waals surface area contributed by atoms with E-state index < -0.39 is 0 Å². The third-order valence-electron chi connectivity index (χ3n) is 4.86. The quantitative estimate of drug-likeness (QED) is 0.697. The Morgan fingerprint density at radius 2 is 1.96 bits per heavy atom. The van der Waals surface area contributed by atoms with Crippen molar-refractivity contribution in [1.82, 2.24) is 19.9 Å². The minimum absolute atomic E-state index is 0.623. The average molecular weight is 353 g/mol. The average Bonchev–Trinajstić information content (AvgIpc) is 3.11. The molecule has 0 atom stereocenters. The second-order valence-corrected chi connectivity index (χ2v) is 6.51. The first-order valence-corrected chi connectivity index (χ1v) is 8.90. The zero-order valence-electron chi connectivity index (χ0n) is 15.2. The summed E-state index contributed by atoms with van der Waals surface area (Å²) >= 11 is 0. The molecular formula is C19H23N5O2. The van der Waals surface area contributed by atoms with Gasteiger partial charge in [-0.05, 0) is 18.2 Å². The number of piperazine rings is 1. The predicted molar refractivity (Wildman–Crippen MR) is 99.7 cm³/mol. The van der Waals surface area contributed by atoms with E-state index in [-0.39, 0.29) is 0 Å². The van der Waals surface area contributed by atoms with Crippen molar-refractivity contribution in [2.24, 2.45) is 0 Å². The fraction of sp³-hybridized carbons (Fsp3) is 0.421. The van der Waals surface area contributed by atoms with Crippen molar-refractivity contribution in [3.63, 3.8) is 0 Å². The molecule has 1 fully saturated rings. The lowest BCUT2D eigenvalue weighted by atomic mass is 10.2. The lowest BCUT2D eigenvalue weighted by Gasteiger charge is -2.36. The van der Waals surface area contributed by atoms with E-state index in [0.717, 1.165) is 61.7 Å². The molecule has 0 saturated carbocycles. The van der Waals surface area contributed by atoms with Crippen LogP contribution in [0.2, 0.25) is 0 Å². The second kappa shape index (κ2) is 7.29. The lowest BCUT2D eigenvalue weighted by molar-refractivity contribution is 0.255. The Balaban J connectivity index is 1.39. The maximum absolute atomic E-state index is 5.56. The first-order chi connectivity index (χ1) is 12.7. The molecule has 26 heavy (non-hydrogen) atoms. The van der Waals surface area contributed by atoms with Gasteiger partial charge in [0.1, 0.15) is 12.1 Å². The van der Waals surface area contributed by atoms with Crippen molar-refractivity contribution < 1.29 is 9.15 Å². The lowest BCUT2D eigenvalue weighted by Crippen LogP contribution is -2.47. The third-order valence-corrected chi connectivity index (χ3v) is 4.86. The van der Waals surface area contributed by atoms with Gasteiger partial charge in [0, 0.05) is 51.8 Å². The van der Waals surface area contributed by atoms with E-state index in [1.807, 2.05) is 19.2 Å². The number of hydrogen-bond donors (Lipinski definition) is 0. The molecule has 2 aromatic heterocycles. The number of methoxy groups -OCH3 is 1. The van der Waals surface area contributed by atoms with Gasteiger partial charge in [0.05, 0.1) is 24.2 Å². The minimum atomic E-state index is 0.623. The second-order valence-electron chi connectivity index (χ2n) is 6.51. The number of anilines is 1. The standard InChI is InChI=1S/C19H23N5O2/c1-14-20-12-16(26-14)5-6-23-7-9-24(10-8-23)15-3-4-18-17(11-15)19(25-2)22-13-21-18/h3-4,11-13H,5-10H2,1-2H3. The Bertz CT molecular complexity index is 887. The van der Waals surface area contributed by atoms with Crippen molar-refractivity contribution >= 4 is 16.6 Å². The van der Waals surface area contributed by atoms with Gasteiger partial charge in [0.15, 0.2) is 5.89 Å². The topological polar surface area (TPSA) is 67.5 Å². The number of benzene rings is 1. The molecule has 3 heterocycles. The molecule has 1 aliphatic rings. The molecule has 1 aromatic carbocycles. The minimum Gasteiger partial charge on any atom is -0.480 e. The number of rotatable bonds is 5. The van der Waals surface area contributed by atoms with Crippen LogP contribution in [0.5, 0.6) is 5.88 Å². The largest absolute Gasteiger partial charge is 0.480 e. The van der Waals surface area contributed by atoms with Crippen LogP contribution in [0.3, 0.4) is 0 Å². The summed E-state index contributed by atoms with van der Waals surface area (Å²) in [5.41, 5.74) is 2.10. The number of ether oxygens (including phenoxy) is 1. The van der Waals surface area contributed by atoms with Crippen LogP contribution in [0.4, 0.5) is 5.69 Å². The summed E-state index contributed by atoms with van der Waals surface area (Å²) in [5, 5.41) is 0.954. The summed E-state index contributed by atoms with van der Waals surface area (Å²) in [7, 11) is 1.64. The zero-order chi connectivity index (χ0) is 17.9. The Kier molecular flexibility index (Phi) is 4.71. The molecule has 0 aliphatic carbocycles. The molecule has 1 saturated heterocycles. The third kappa shape index (κ3) is 3.48. The van der Waals surface area contributed by atoms with Crippen LogP contribution in [0.15, 0.2) is 35.1 Å². The van der Waals surface area contributed by atoms with Crippen LogP contribution in [0, 0.1) is 6.92 Å². The fourth-order valence-electron chi connectivity index (χ4n) is 3.40. The molecule has 0 N–H and O–H groups in total. The van der Waals surface area contributed by atoms with Gasteiger partial charge >= 0.3 is 0 Å². The van der Waals surface area contributed by atoms with Gasteiger partial charge in [0.2, 0.25) is 5.88 Å². The van der Waals surface area contributed by atoms with E-state index in [9.17, 15) is 0 Å². The number of hydrogen-bond acceptors (Lipinski definition) is 7. The number of oxazole rings is 1. The molecule has 7 heteroatoms. The van der Waals surface area contributed by atoms with Crippen molar-refractivity contribution in [2.45, 2.75) is 13.3 Å². The van der Waals surface area contributed by atoms with E-state index in [1.165, 1.54) is 12.0 Å². The summed E-state index contributed by atoms with van der Waals surface area (Å²) in [6, 6.07) is 6.29. The number of aromatic nitrogens is 3. The van der Waals surface area contributed by atoms with Gasteiger partial charge in [-0.1, -0.05) is 0 Å². The van der Waals surface area contributed by atoms with Gasteiger partial charge < -0.3 is 14.1 Å². The van der Waals surface area contributed by atoms with Crippen LogP contribution in [0.1, 0.15) is 11.7 Å². The first-order valence-electron chi connectivity index (χ1n) is 8.90. The molecule has 0 amide bonds. The number of fused-ring (bicyclic) bond motifs is 1. The van der Waals surface area contributed by atoms with Gasteiger partial charge in [-0.3, -0.25) is 4.90 Å². The van der Waals surface area contributed by atoms with Crippen molar-refractivity contribution in [1.29, 1.82) is 0 Å². The molecule has 4 rings (SSSR count). The van der Waals surface area contributed by atoms with Crippen LogP contribution < -0.4 is 9.64 Å². The normalized spacial score (nSPS) is 15.5. The van der Waals surface area contributed by atoms with Crippen molar-refractivity contribution in [2.75, 3.05) is 44.7 Å². The first kappa shape index (κ1) is 16.8. The molecular weight excluding hydrogens is 330 g/mol. The summed E-state index contributed by atoms with van der Waals surface area (Å²) in [4.78, 5) is 17.5. The van der Waals surface area contributed by atoms with E-state index in [2.05, 4.69) is 36.9 Å². The van der Waals surface area contributed by atoms with Crippen LogP contribution in [-0.2, 0) is 6.42 Å². The maximum atomic E-state index is 5.56. The monoisotopic (exact) mass is 353 g/mol. The molecule has 7 nitrogen and oxygen atoms in total. The van der Waals surface area contributed by atoms with E-state index in [0.29, 0.717) is 5.88 Å². The van der Waals surface area contributed by atoms with Crippen LogP contribution >= 0.6 is 0 Å². The van der Waals surface area contributed by atoms with Crippen LogP contribution in [0.25, 0.3) is 10.9 Å². The highest BCUT2D eigenvalue weighted by Crippen LogP contribution is 2.27. The van der Waals surface area contributed by atoms with Crippen molar-refractivity contribution in [3.8, 4) is 5.88 Å². The van der Waals surface area contributed by atoms with E-state index >= 15 is 0 Å². The van der Waals surface area contributed by atoms with E-state index in [4.69, 9.17) is 9.15 Å². The predicted octanol–water partition coefficient (Wildman–Crippen LogP) is 2.30. The molecule has 0 bridgehead atoms. The summed E-state index contributed by atoms with van der Waals surface area (Å²) in [6.45, 7) is 6.95. The molecule has 1 aliphatic heterocycles. The molecule has 3 aromatic rings. The highest BCUT2D eigenvalue weighted by molar-refractivity contribution is 5.86. The van der Waals surface area contributed by atoms with E-state index in [1.54, 1.807) is 7.11 Å². The Labute approximate surface area is 152 Å². The molecule has 0 spiro atoms. The summed E-state index contributed by atoms with van der Waals surface area (Å²) in [5.74, 6) is 2.32. The Morgan fingerprint density at radius 1 is 1.12 bits per heavy atom. The van der Waals surface area contributed by atoms with Gasteiger partial charge in [-0.15, -0.1) is 0 Å². The van der Waals surface area contributed by atoms with Gasteiger partial charge in [-0.25, -0.2) is 15.0 Å². The SMILES string of the molecule is COc1ncnc2ccc(N3CCN(CCc4cnc(C)o4)CC3)cc12. The molecule has 136 valence electrons. The Morgan fingerprint density at radius 3 is 2.69 bits per heavy atom. The van der Waals surface area contributed by atoms with Crippen molar-refractivity contribution in [3.05, 3.63) is 42.4 Å². The number of aryl methyl sites for hydroxylation is 1. The van der Waals surface area contributed by atoms with Crippen LogP contribution in [-0.4, -0.2) is 59.7 Å². The smallest absolute Gasteiger partial charge is 0.224 e. The zero-order valence-corrected chi connectivity index (χ0v) is 15.2. The summed E-state index contributed by atoms with van der Waals surface area (Å²) < 4.78 is 10.9. The molecule has 0 unspecified atom stereocenters. The van der Waals surface area contributed by atoms with Gasteiger partial charge in [0.25, 0.3) is 0 Å². The summed E-state index contributed by atoms with van der Waals surface area (Å²) in [6.07, 6.45) is 4.27. The molecule has 0 radical (unpaired) electrons. The highest BCUT2D eigenvalue weighted by Gasteiger charge is 2.18. The Hall–Kier alpha value is -2.67. The highest BCUT2D eigenvalue weighted by atomic mass is 16.5. The van der Waals surface area contributed by atoms with Gasteiger partial charge in [-0.2, -0.15) is 0 Å². The number of nitrogens with zero attached hydrogens (tertiary/aromatic N) is 5. The fourth-order valence-corrected chi connectivity index (χ4v) is 3.40. The maximum Gasteiger partial charge on any atom is 0.224 e.